The molecule has 0 amide bonds. The molecule has 90 valence electrons. The van der Waals surface area contributed by atoms with Crippen LogP contribution in [0.2, 0.25) is 0 Å². The molecule has 2 rings (SSSR count). The molecule has 0 aromatic carbocycles. The van der Waals surface area contributed by atoms with Crippen LogP contribution < -0.4 is 5.32 Å². The van der Waals surface area contributed by atoms with E-state index in [1.165, 1.54) is 4.88 Å². The molecule has 1 fully saturated rings. The maximum atomic E-state index is 10.2. The van der Waals surface area contributed by atoms with Gasteiger partial charge in [-0.25, -0.2) is 0 Å². The summed E-state index contributed by atoms with van der Waals surface area (Å²) >= 11 is 5.15. The molecule has 0 atom stereocenters. The van der Waals surface area contributed by atoms with Crippen molar-refractivity contribution in [3.63, 3.8) is 0 Å². The lowest BCUT2D eigenvalue weighted by atomic mass is 9.94. The molecule has 0 spiro atoms. The Kier molecular flexibility index (Phi) is 4.38. The van der Waals surface area contributed by atoms with E-state index in [-0.39, 0.29) is 0 Å². The molecule has 0 unspecified atom stereocenters. The van der Waals surface area contributed by atoms with Gasteiger partial charge in [0.25, 0.3) is 0 Å². The van der Waals surface area contributed by atoms with E-state index in [9.17, 15) is 5.11 Å². The fourth-order valence-electron chi connectivity index (χ4n) is 1.79. The van der Waals surface area contributed by atoms with Crippen molar-refractivity contribution in [1.29, 1.82) is 0 Å². The van der Waals surface area contributed by atoms with E-state index in [1.807, 2.05) is 0 Å². The van der Waals surface area contributed by atoms with Crippen LogP contribution in [-0.2, 0) is 11.3 Å². The van der Waals surface area contributed by atoms with Gasteiger partial charge in [-0.2, -0.15) is 0 Å². The molecule has 2 N–H and O–H groups in total. The van der Waals surface area contributed by atoms with Crippen molar-refractivity contribution < 1.29 is 9.84 Å². The highest BCUT2D eigenvalue weighted by Crippen LogP contribution is 2.21. The number of rotatable bonds is 4. The van der Waals surface area contributed by atoms with Gasteiger partial charge in [-0.05, 0) is 22.0 Å². The lowest BCUT2D eigenvalue weighted by molar-refractivity contribution is -0.0616. The van der Waals surface area contributed by atoms with Crippen molar-refractivity contribution in [2.24, 2.45) is 0 Å². The smallest absolute Gasteiger partial charge is 0.0815 e. The molecule has 1 aliphatic heterocycles. The minimum Gasteiger partial charge on any atom is -0.388 e. The minimum atomic E-state index is -0.577. The standard InChI is InChI=1S/C11H16BrNO2S/c12-9-5-10(16-7-9)6-13-8-11(14)1-3-15-4-2-11/h5,7,13-14H,1-4,6,8H2. The van der Waals surface area contributed by atoms with E-state index in [1.54, 1.807) is 11.3 Å². The Morgan fingerprint density at radius 2 is 2.25 bits per heavy atom. The number of ether oxygens (including phenoxy) is 1. The molecule has 3 nitrogen and oxygen atoms in total. The summed E-state index contributed by atoms with van der Waals surface area (Å²) in [5.41, 5.74) is -0.577. The number of aliphatic hydroxyl groups is 1. The van der Waals surface area contributed by atoms with Gasteiger partial charge in [0.1, 0.15) is 0 Å². The average molecular weight is 306 g/mol. The summed E-state index contributed by atoms with van der Waals surface area (Å²) in [5.74, 6) is 0. The molecule has 2 heterocycles. The molecule has 5 heteroatoms. The van der Waals surface area contributed by atoms with Crippen molar-refractivity contribution in [3.05, 3.63) is 20.8 Å². The summed E-state index contributed by atoms with van der Waals surface area (Å²) in [5, 5.41) is 15.6. The van der Waals surface area contributed by atoms with Gasteiger partial charge in [0.15, 0.2) is 0 Å². The van der Waals surface area contributed by atoms with Gasteiger partial charge in [0.2, 0.25) is 0 Å². The molecule has 0 radical (unpaired) electrons. The Hall–Kier alpha value is 0.0600. The van der Waals surface area contributed by atoms with Gasteiger partial charge in [0, 0.05) is 53.9 Å². The molecule has 1 aliphatic rings. The summed E-state index contributed by atoms with van der Waals surface area (Å²) in [6.07, 6.45) is 1.46. The van der Waals surface area contributed by atoms with Crippen molar-refractivity contribution in [2.75, 3.05) is 19.8 Å². The summed E-state index contributed by atoms with van der Waals surface area (Å²) in [6.45, 7) is 2.80. The van der Waals surface area contributed by atoms with Crippen LogP contribution >= 0.6 is 27.3 Å². The fourth-order valence-corrected chi connectivity index (χ4v) is 3.21. The molecule has 0 aliphatic carbocycles. The average Bonchev–Trinajstić information content (AvgIpc) is 2.65. The summed E-state index contributed by atoms with van der Waals surface area (Å²) in [7, 11) is 0. The van der Waals surface area contributed by atoms with Crippen molar-refractivity contribution in [3.8, 4) is 0 Å². The Bertz CT molecular complexity index is 336. The first-order valence-electron chi connectivity index (χ1n) is 5.42. The molecular weight excluding hydrogens is 290 g/mol. The maximum absolute atomic E-state index is 10.2. The zero-order valence-electron chi connectivity index (χ0n) is 9.04. The van der Waals surface area contributed by atoms with Crippen molar-refractivity contribution in [2.45, 2.75) is 25.0 Å². The quantitative estimate of drug-likeness (QED) is 0.895. The molecule has 1 saturated heterocycles. The van der Waals surface area contributed by atoms with Gasteiger partial charge < -0.3 is 15.2 Å². The van der Waals surface area contributed by atoms with Crippen molar-refractivity contribution in [1.82, 2.24) is 5.32 Å². The predicted molar refractivity (Wildman–Crippen MR) is 68.7 cm³/mol. The second-order valence-electron chi connectivity index (χ2n) is 4.17. The van der Waals surface area contributed by atoms with Gasteiger partial charge in [-0.3, -0.25) is 0 Å². The van der Waals surface area contributed by atoms with Crippen LogP contribution in [0.1, 0.15) is 17.7 Å². The van der Waals surface area contributed by atoms with Crippen LogP contribution in [0.4, 0.5) is 0 Å². The highest BCUT2D eigenvalue weighted by atomic mass is 79.9. The zero-order valence-corrected chi connectivity index (χ0v) is 11.4. The summed E-state index contributed by atoms with van der Waals surface area (Å²) in [6, 6.07) is 2.10. The van der Waals surface area contributed by atoms with Crippen LogP contribution in [0, 0.1) is 0 Å². The molecule has 1 aromatic heterocycles. The van der Waals surface area contributed by atoms with Crippen LogP contribution in [0.15, 0.2) is 15.9 Å². The number of hydrogen-bond acceptors (Lipinski definition) is 4. The molecule has 0 saturated carbocycles. The number of nitrogens with one attached hydrogen (secondary N) is 1. The Balaban J connectivity index is 1.74. The SMILES string of the molecule is OC1(CNCc2cc(Br)cs2)CCOCC1. The maximum Gasteiger partial charge on any atom is 0.0815 e. The first kappa shape index (κ1) is 12.5. The highest BCUT2D eigenvalue weighted by molar-refractivity contribution is 9.10. The number of hydrogen-bond donors (Lipinski definition) is 2. The van der Waals surface area contributed by atoms with Crippen LogP contribution in [-0.4, -0.2) is 30.5 Å². The van der Waals surface area contributed by atoms with Crippen LogP contribution in [0.5, 0.6) is 0 Å². The third kappa shape index (κ3) is 3.53. The highest BCUT2D eigenvalue weighted by Gasteiger charge is 2.29. The van der Waals surface area contributed by atoms with E-state index >= 15 is 0 Å². The van der Waals surface area contributed by atoms with Gasteiger partial charge >= 0.3 is 0 Å². The van der Waals surface area contributed by atoms with E-state index in [2.05, 4.69) is 32.7 Å². The molecular formula is C11H16BrNO2S. The topological polar surface area (TPSA) is 41.5 Å². The lowest BCUT2D eigenvalue weighted by Gasteiger charge is -2.32. The van der Waals surface area contributed by atoms with Crippen molar-refractivity contribution >= 4 is 27.3 Å². The third-order valence-corrected chi connectivity index (χ3v) is 4.50. The fraction of sp³-hybridized carbons (Fsp3) is 0.636. The lowest BCUT2D eigenvalue weighted by Crippen LogP contribution is -2.44. The van der Waals surface area contributed by atoms with E-state index in [4.69, 9.17) is 4.74 Å². The number of thiophene rings is 1. The second kappa shape index (κ2) is 5.60. The largest absolute Gasteiger partial charge is 0.388 e. The zero-order chi connectivity index (χ0) is 11.4. The van der Waals surface area contributed by atoms with Crippen LogP contribution in [0.3, 0.4) is 0 Å². The normalized spacial score (nSPS) is 19.9. The first-order valence-corrected chi connectivity index (χ1v) is 7.09. The third-order valence-electron chi connectivity index (χ3n) is 2.80. The molecule has 16 heavy (non-hydrogen) atoms. The van der Waals surface area contributed by atoms with Crippen LogP contribution in [0.25, 0.3) is 0 Å². The second-order valence-corrected chi connectivity index (χ2v) is 6.08. The Morgan fingerprint density at radius 1 is 1.50 bits per heavy atom. The van der Waals surface area contributed by atoms with Gasteiger partial charge in [-0.1, -0.05) is 0 Å². The number of halogens is 1. The van der Waals surface area contributed by atoms with E-state index in [0.717, 1.165) is 23.9 Å². The predicted octanol–water partition coefficient (Wildman–Crippen LogP) is 2.14. The molecule has 1 aromatic rings. The first-order chi connectivity index (χ1) is 7.68. The Morgan fingerprint density at radius 3 is 2.88 bits per heavy atom. The monoisotopic (exact) mass is 305 g/mol. The minimum absolute atomic E-state index is 0.577. The summed E-state index contributed by atoms with van der Waals surface area (Å²) < 4.78 is 6.37. The van der Waals surface area contributed by atoms with E-state index in [0.29, 0.717) is 19.8 Å². The van der Waals surface area contributed by atoms with Gasteiger partial charge in [0.05, 0.1) is 5.60 Å². The van der Waals surface area contributed by atoms with Gasteiger partial charge in [-0.15, -0.1) is 11.3 Å². The Labute approximate surface area is 108 Å². The van der Waals surface area contributed by atoms with E-state index < -0.39 is 5.60 Å². The molecule has 0 bridgehead atoms. The summed E-state index contributed by atoms with van der Waals surface area (Å²) in [4.78, 5) is 1.28.